The number of ether oxygens (including phenoxy) is 3. The summed E-state index contributed by atoms with van der Waals surface area (Å²) in [6, 6.07) is 14.7. The van der Waals surface area contributed by atoms with E-state index in [1.807, 2.05) is 73.3 Å². The fraction of sp³-hybridized carbons (Fsp3) is 0.528. The molecule has 4 aromatic heterocycles. The van der Waals surface area contributed by atoms with Gasteiger partial charge in [-0.05, 0) is 137 Å². The van der Waals surface area contributed by atoms with Crippen LogP contribution in [0.4, 0.5) is 33.1 Å². The molecule has 2 aromatic carbocycles. The van der Waals surface area contributed by atoms with Crippen LogP contribution in [-0.2, 0) is 53.0 Å². The summed E-state index contributed by atoms with van der Waals surface area (Å²) in [4.78, 5) is 102. The van der Waals surface area contributed by atoms with Crippen molar-refractivity contribution in [2.75, 3.05) is 81.7 Å². The summed E-state index contributed by atoms with van der Waals surface area (Å²) in [5.74, 6) is -1.30. The Bertz CT molecular complexity index is 4070. The maximum atomic E-state index is 14.0. The van der Waals surface area contributed by atoms with E-state index in [1.165, 1.54) is 23.5 Å². The molecular weight excluding hydrogens is 1280 g/mol. The molecule has 7 aliphatic rings. The molecule has 4 bridgehead atoms. The van der Waals surface area contributed by atoms with E-state index in [9.17, 15) is 38.7 Å². The average Bonchev–Trinajstić information content (AvgIpc) is 1.66. The fourth-order valence-corrected chi connectivity index (χ4v) is 18.4. The van der Waals surface area contributed by atoms with Gasteiger partial charge in [-0.1, -0.05) is 51.2 Å². The number of primary amides is 1. The van der Waals surface area contributed by atoms with Crippen LogP contribution in [0.3, 0.4) is 0 Å². The predicted molar refractivity (Wildman–Crippen MR) is 373 cm³/mol. The molecule has 4 saturated carbocycles. The van der Waals surface area contributed by atoms with E-state index in [1.54, 1.807) is 27.2 Å². The van der Waals surface area contributed by atoms with Gasteiger partial charge < -0.3 is 61.0 Å². The monoisotopic (exact) mass is 1370 g/mol. The summed E-state index contributed by atoms with van der Waals surface area (Å²) in [5.41, 5.74) is 11.7. The Kier molecular flexibility index (Phi) is 20.3. The lowest BCUT2D eigenvalue weighted by atomic mass is 9.39. The van der Waals surface area contributed by atoms with E-state index in [0.29, 0.717) is 60.0 Å². The second-order valence-electron chi connectivity index (χ2n) is 29.5. The molecule has 27 heteroatoms. The molecule has 4 atom stereocenters. The molecule has 3 aliphatic heterocycles. The van der Waals surface area contributed by atoms with Crippen LogP contribution in [0.1, 0.15) is 138 Å². The van der Waals surface area contributed by atoms with E-state index in [-0.39, 0.29) is 72.6 Å². The number of pyridine rings is 1. The summed E-state index contributed by atoms with van der Waals surface area (Å²) in [7, 11) is 1.63. The number of thiazole rings is 1. The van der Waals surface area contributed by atoms with Crippen molar-refractivity contribution in [1.82, 2.24) is 50.8 Å². The number of carbonyl (C=O) groups is 7. The zero-order valence-corrected chi connectivity index (χ0v) is 58.5. The van der Waals surface area contributed by atoms with Crippen molar-refractivity contribution in [2.24, 2.45) is 27.9 Å². The third-order valence-electron chi connectivity index (χ3n) is 21.0. The van der Waals surface area contributed by atoms with Crippen LogP contribution in [0, 0.1) is 36.0 Å². The van der Waals surface area contributed by atoms with Gasteiger partial charge in [0.05, 0.1) is 68.6 Å². The number of likely N-dealkylation sites (tertiary alicyclic amines) is 1. The number of carbonyl (C=O) groups excluding carboxylic acids is 6. The Morgan fingerprint density at radius 2 is 1.59 bits per heavy atom. The van der Waals surface area contributed by atoms with E-state index < -0.39 is 53.6 Å². The lowest BCUT2D eigenvalue weighted by molar-refractivity contribution is -0.930. The molecular formula is C72H92N15O11S+. The fourth-order valence-electron chi connectivity index (χ4n) is 17.6. The number of rotatable bonds is 30. The maximum Gasteiger partial charge on any atom is 0.355 e. The van der Waals surface area contributed by atoms with Gasteiger partial charge in [0.15, 0.2) is 22.5 Å². The minimum absolute atomic E-state index is 0.00809. The number of amides is 7. The molecule has 5 fully saturated rings. The first-order valence-corrected chi connectivity index (χ1v) is 35.4. The first-order valence-electron chi connectivity index (χ1n) is 34.6. The number of carboxylic acids is 1. The van der Waals surface area contributed by atoms with Crippen LogP contribution < -0.4 is 42.0 Å². The smallest absolute Gasteiger partial charge is 0.355 e. The van der Waals surface area contributed by atoms with Crippen LogP contribution in [-0.4, -0.2) is 170 Å². The third kappa shape index (κ3) is 15.6. The topological polar surface area (TPSA) is 329 Å². The molecule has 4 aliphatic carbocycles. The van der Waals surface area contributed by atoms with Gasteiger partial charge in [0.1, 0.15) is 36.7 Å². The lowest BCUT2D eigenvalue weighted by Gasteiger charge is -2.69. The first kappa shape index (κ1) is 70.0. The molecule has 6 aromatic rings. The van der Waals surface area contributed by atoms with Crippen LogP contribution in [0.15, 0.2) is 72.9 Å². The molecule has 13 rings (SSSR count). The molecule has 7 heterocycles. The summed E-state index contributed by atoms with van der Waals surface area (Å²) < 4.78 is 22.3. The molecule has 7 amide bonds. The second-order valence-corrected chi connectivity index (χ2v) is 30.5. The largest absolute Gasteiger partial charge is 0.497 e. The molecule has 8 N–H and O–H groups in total. The number of benzene rings is 2. The molecule has 0 radical (unpaired) electrons. The Morgan fingerprint density at radius 1 is 0.838 bits per heavy atom. The highest BCUT2D eigenvalue weighted by Crippen LogP contribution is 2.72. The number of imide groups is 1. The van der Waals surface area contributed by atoms with Crippen molar-refractivity contribution in [1.29, 1.82) is 0 Å². The Labute approximate surface area is 580 Å². The number of nitrogens with two attached hydrogens (primary N) is 1. The summed E-state index contributed by atoms with van der Waals surface area (Å²) >= 11 is 1.52. The van der Waals surface area contributed by atoms with Gasteiger partial charge >= 0.3 is 12.0 Å². The number of quaternary nitrogens is 1. The van der Waals surface area contributed by atoms with E-state index in [0.717, 1.165) is 144 Å². The number of nitrogens with one attached hydrogen (secondary N) is 5. The number of carboxylic acid groups (broad SMARTS) is 1. The predicted octanol–water partition coefficient (Wildman–Crippen LogP) is 8.79. The second kappa shape index (κ2) is 28.7. The summed E-state index contributed by atoms with van der Waals surface area (Å²) in [6.45, 7) is 18.4. The highest BCUT2D eigenvalue weighted by molar-refractivity contribution is 7.22. The highest BCUT2D eigenvalue weighted by Gasteiger charge is 2.66. The van der Waals surface area contributed by atoms with Crippen molar-refractivity contribution in [3.8, 4) is 16.9 Å². The number of aromatic carboxylic acids is 1. The number of aromatic nitrogens is 6. The van der Waals surface area contributed by atoms with Crippen molar-refractivity contribution in [3.05, 3.63) is 101 Å². The van der Waals surface area contributed by atoms with Gasteiger partial charge in [0.25, 0.3) is 11.8 Å². The van der Waals surface area contributed by atoms with Gasteiger partial charge in [-0.15, -0.1) is 10.2 Å². The zero-order valence-electron chi connectivity index (χ0n) is 57.7. The molecule has 99 heavy (non-hydrogen) atoms. The third-order valence-corrected chi connectivity index (χ3v) is 22.0. The quantitative estimate of drug-likeness (QED) is 0.0126. The maximum absolute atomic E-state index is 14.0. The van der Waals surface area contributed by atoms with Crippen molar-refractivity contribution in [3.63, 3.8) is 0 Å². The Hall–Kier alpha value is -8.92. The van der Waals surface area contributed by atoms with Crippen molar-refractivity contribution < 1.29 is 57.4 Å². The normalized spacial score (nSPS) is 22.6. The van der Waals surface area contributed by atoms with Crippen LogP contribution in [0.2, 0.25) is 0 Å². The minimum atomic E-state index is -1.13. The average molecular weight is 1380 g/mol. The number of hydrogen-bond acceptors (Lipinski definition) is 18. The summed E-state index contributed by atoms with van der Waals surface area (Å²) in [6.07, 6.45) is 14.6. The van der Waals surface area contributed by atoms with Crippen LogP contribution >= 0.6 is 11.3 Å². The molecule has 1 saturated heterocycles. The first-order chi connectivity index (χ1) is 47.3. The zero-order chi connectivity index (χ0) is 70.0. The molecule has 26 nitrogen and oxygen atoms in total. The summed E-state index contributed by atoms with van der Waals surface area (Å²) in [5, 5.41) is 40.4. The molecule has 0 spiro atoms. The Balaban J connectivity index is 0.671. The standard InChI is InChI=1S/C72H91N15O11S/c1-44(2)60(80-57(88)24-31-97-32-27-85-58(89)22-23-59(85)90)65(92)77-53(13-10-25-74-67(73)95)64(91)76-48-16-14-47(15-17-48)36-87(28-8-9-29-87)30-33-98-72-40-69(5)37-70(6,41-72)39-71(38-69,42-72)43-86-46(4)52(35-75-86)51-19-21-56(79-61(51)66(93)94)84-26-11-12-50-45(3)62(82-83-63(50)84)81-68-78-54-34-49(96-7)18-20-55(54)99-68/h14-23,34-35,44,53,60H,8-13,24-33,36-43H2,1-7H3,(H7-,73,74,76,77,78,80,81,82,88,91,92,93,94,95)/p+1/t53-,60-,69?,70?,71?,72?/m0/s1. The van der Waals surface area contributed by atoms with Gasteiger partial charge in [-0.3, -0.25) is 33.6 Å². The molecule has 2 unspecified atom stereocenters. The molecule has 526 valence electrons. The van der Waals surface area contributed by atoms with Gasteiger partial charge in [-0.2, -0.15) is 5.10 Å². The SMILES string of the molecule is COc1ccc2sc(Nc3nnc4c(c3C)CCCN4c3ccc(-c4cnn(CC56CC7(C)CC(C)(C5)CC(OCC[N+]5(Cc8ccc(NC(=O)[C@H](CCCNC(N)=O)NC(=O)[C@@H](NC(=O)CCOCCN9C(=O)C=CC9=O)C(C)C)cc8)CCCC5)(C7)C6)c4C)c(C(=O)O)n3)nc2c1. The number of nitrogens with zero attached hydrogens (tertiary/aromatic N) is 9. The van der Waals surface area contributed by atoms with Gasteiger partial charge in [0, 0.05) is 96.3 Å². The van der Waals surface area contributed by atoms with E-state index in [4.69, 9.17) is 40.1 Å². The number of urea groups is 1. The number of methoxy groups -OCH3 is 1. The Morgan fingerprint density at radius 3 is 2.29 bits per heavy atom. The lowest BCUT2D eigenvalue weighted by Crippen LogP contribution is -2.64. The van der Waals surface area contributed by atoms with Crippen molar-refractivity contribution in [2.45, 2.75) is 156 Å². The van der Waals surface area contributed by atoms with E-state index in [2.05, 4.69) is 50.2 Å². The van der Waals surface area contributed by atoms with Crippen LogP contribution in [0.5, 0.6) is 5.75 Å². The van der Waals surface area contributed by atoms with Crippen LogP contribution in [0.25, 0.3) is 21.3 Å². The number of fused-ring (bicyclic) bond motifs is 2. The minimum Gasteiger partial charge on any atom is -0.497 e. The van der Waals surface area contributed by atoms with E-state index >= 15 is 0 Å². The number of anilines is 5. The number of hydrogen-bond donors (Lipinski definition) is 7. The van der Waals surface area contributed by atoms with Gasteiger partial charge in [0.2, 0.25) is 17.7 Å². The highest BCUT2D eigenvalue weighted by atomic mass is 32.1. The van der Waals surface area contributed by atoms with Crippen molar-refractivity contribution >= 4 is 91.4 Å². The van der Waals surface area contributed by atoms with Gasteiger partial charge in [-0.25, -0.2) is 19.6 Å².